The average molecular weight is 338 g/mol. The minimum Gasteiger partial charge on any atom is -0.339 e. The van der Waals surface area contributed by atoms with Crippen molar-refractivity contribution in [2.75, 3.05) is 18.4 Å². The monoisotopic (exact) mass is 337 g/mol. The van der Waals surface area contributed by atoms with Crippen LogP contribution in [0.1, 0.15) is 12.8 Å². The van der Waals surface area contributed by atoms with E-state index in [-0.39, 0.29) is 4.90 Å². The van der Waals surface area contributed by atoms with Gasteiger partial charge in [0.05, 0.1) is 10.7 Å². The van der Waals surface area contributed by atoms with Crippen LogP contribution in [-0.2, 0) is 10.0 Å². The van der Waals surface area contributed by atoms with Gasteiger partial charge in [-0.1, -0.05) is 23.7 Å². The van der Waals surface area contributed by atoms with Crippen molar-refractivity contribution in [3.05, 3.63) is 47.6 Å². The number of halogens is 1. The van der Waals surface area contributed by atoms with Crippen LogP contribution in [0.2, 0.25) is 5.02 Å². The van der Waals surface area contributed by atoms with Crippen molar-refractivity contribution in [2.45, 2.75) is 17.7 Å². The smallest absolute Gasteiger partial charge is 0.244 e. The first-order valence-corrected chi connectivity index (χ1v) is 8.87. The summed E-state index contributed by atoms with van der Waals surface area (Å²) in [6.45, 7) is 1.17. The van der Waals surface area contributed by atoms with Crippen LogP contribution in [0.3, 0.4) is 0 Å². The van der Waals surface area contributed by atoms with E-state index in [2.05, 4.69) is 10.3 Å². The van der Waals surface area contributed by atoms with Gasteiger partial charge in [0.2, 0.25) is 10.0 Å². The first-order valence-electron chi connectivity index (χ1n) is 7.05. The van der Waals surface area contributed by atoms with Crippen molar-refractivity contribution in [2.24, 2.45) is 0 Å². The van der Waals surface area contributed by atoms with Crippen LogP contribution in [0.4, 0.5) is 11.5 Å². The van der Waals surface area contributed by atoms with Crippen molar-refractivity contribution < 1.29 is 8.42 Å². The summed E-state index contributed by atoms with van der Waals surface area (Å²) in [4.78, 5) is 4.40. The van der Waals surface area contributed by atoms with E-state index in [1.165, 1.54) is 10.5 Å². The fourth-order valence-electron chi connectivity index (χ4n) is 2.38. The minimum absolute atomic E-state index is 0.221. The van der Waals surface area contributed by atoms with E-state index in [1.807, 2.05) is 18.2 Å². The first-order chi connectivity index (χ1) is 10.6. The van der Waals surface area contributed by atoms with E-state index in [4.69, 9.17) is 11.6 Å². The molecule has 1 saturated heterocycles. The Morgan fingerprint density at radius 2 is 1.82 bits per heavy atom. The Hall–Kier alpha value is -1.63. The van der Waals surface area contributed by atoms with Crippen LogP contribution in [0.15, 0.2) is 47.5 Å². The van der Waals surface area contributed by atoms with Crippen LogP contribution in [0.5, 0.6) is 0 Å². The summed E-state index contributed by atoms with van der Waals surface area (Å²) in [6.07, 6.45) is 3.21. The van der Waals surface area contributed by atoms with Crippen LogP contribution in [-0.4, -0.2) is 30.8 Å². The fraction of sp³-hybridized carbons (Fsp3) is 0.267. The summed E-state index contributed by atoms with van der Waals surface area (Å²) in [5.74, 6) is 0.550. The van der Waals surface area contributed by atoms with E-state index in [0.717, 1.165) is 18.5 Å². The van der Waals surface area contributed by atoms with E-state index in [1.54, 1.807) is 18.2 Å². The molecular weight excluding hydrogens is 322 g/mol. The molecule has 1 N–H and O–H groups in total. The third-order valence-corrected chi connectivity index (χ3v) is 5.79. The highest BCUT2D eigenvalue weighted by Crippen LogP contribution is 2.25. The molecule has 0 atom stereocenters. The molecule has 0 radical (unpaired) electrons. The minimum atomic E-state index is -3.42. The van der Waals surface area contributed by atoms with Crippen molar-refractivity contribution in [3.63, 3.8) is 0 Å². The van der Waals surface area contributed by atoms with Crippen molar-refractivity contribution in [3.8, 4) is 0 Å². The Morgan fingerprint density at radius 1 is 1.09 bits per heavy atom. The van der Waals surface area contributed by atoms with Crippen LogP contribution < -0.4 is 5.32 Å². The Labute approximate surface area is 135 Å². The van der Waals surface area contributed by atoms with Crippen molar-refractivity contribution in [1.29, 1.82) is 0 Å². The molecule has 22 heavy (non-hydrogen) atoms. The molecule has 0 spiro atoms. The molecule has 2 heterocycles. The predicted molar refractivity (Wildman–Crippen MR) is 87.0 cm³/mol. The summed E-state index contributed by atoms with van der Waals surface area (Å²) in [7, 11) is -3.42. The van der Waals surface area contributed by atoms with Gasteiger partial charge in [-0.15, -0.1) is 0 Å². The van der Waals surface area contributed by atoms with Crippen LogP contribution in [0, 0.1) is 0 Å². The number of hydrogen-bond acceptors (Lipinski definition) is 4. The standard InChI is InChI=1S/C15H16ClN3O2S/c16-13-5-1-2-6-14(13)18-15-8-7-12(11-17-15)22(20,21)19-9-3-4-10-19/h1-2,5-8,11H,3-4,9-10H2,(H,17,18). The van der Waals surface area contributed by atoms with Crippen molar-refractivity contribution >= 4 is 33.1 Å². The fourth-order valence-corrected chi connectivity index (χ4v) is 4.03. The third kappa shape index (κ3) is 3.09. The molecule has 0 bridgehead atoms. The van der Waals surface area contributed by atoms with Gasteiger partial charge in [0.1, 0.15) is 10.7 Å². The largest absolute Gasteiger partial charge is 0.339 e. The highest BCUT2D eigenvalue weighted by Gasteiger charge is 2.27. The zero-order chi connectivity index (χ0) is 15.6. The third-order valence-electron chi connectivity index (χ3n) is 3.58. The normalized spacial score (nSPS) is 15.9. The number of nitrogens with one attached hydrogen (secondary N) is 1. The number of sulfonamides is 1. The van der Waals surface area contributed by atoms with Crippen LogP contribution >= 0.6 is 11.6 Å². The number of anilines is 2. The van der Waals surface area contributed by atoms with Crippen LogP contribution in [0.25, 0.3) is 0 Å². The zero-order valence-corrected chi connectivity index (χ0v) is 13.4. The highest BCUT2D eigenvalue weighted by molar-refractivity contribution is 7.89. The zero-order valence-electron chi connectivity index (χ0n) is 11.9. The number of aromatic nitrogens is 1. The number of rotatable bonds is 4. The number of benzene rings is 1. The lowest BCUT2D eigenvalue weighted by atomic mass is 10.3. The van der Waals surface area contributed by atoms with Gasteiger partial charge in [0.15, 0.2) is 0 Å². The second-order valence-electron chi connectivity index (χ2n) is 5.10. The predicted octanol–water partition coefficient (Wildman–Crippen LogP) is 3.26. The number of para-hydroxylation sites is 1. The van der Waals surface area contributed by atoms with Gasteiger partial charge in [-0.2, -0.15) is 4.31 Å². The number of nitrogens with zero attached hydrogens (tertiary/aromatic N) is 2. The number of pyridine rings is 1. The maximum absolute atomic E-state index is 12.4. The molecule has 1 aromatic carbocycles. The summed E-state index contributed by atoms with van der Waals surface area (Å²) >= 11 is 6.07. The maximum atomic E-state index is 12.4. The topological polar surface area (TPSA) is 62.3 Å². The molecule has 5 nitrogen and oxygen atoms in total. The second-order valence-corrected chi connectivity index (χ2v) is 7.44. The van der Waals surface area contributed by atoms with E-state index in [0.29, 0.717) is 23.9 Å². The molecule has 1 aromatic heterocycles. The Bertz CT molecular complexity index is 757. The molecule has 7 heteroatoms. The number of hydrogen-bond donors (Lipinski definition) is 1. The van der Waals surface area contributed by atoms with Gasteiger partial charge in [-0.3, -0.25) is 0 Å². The quantitative estimate of drug-likeness (QED) is 0.930. The molecule has 3 rings (SSSR count). The molecule has 116 valence electrons. The van der Waals surface area contributed by atoms with Gasteiger partial charge in [-0.25, -0.2) is 13.4 Å². The summed E-state index contributed by atoms with van der Waals surface area (Å²) < 4.78 is 26.3. The van der Waals surface area contributed by atoms with Gasteiger partial charge in [0, 0.05) is 19.3 Å². The SMILES string of the molecule is O=S(=O)(c1ccc(Nc2ccccc2Cl)nc1)N1CCCC1. The maximum Gasteiger partial charge on any atom is 0.244 e. The Balaban J connectivity index is 1.80. The molecule has 1 aliphatic heterocycles. The Kier molecular flexibility index (Phi) is 4.33. The molecule has 1 fully saturated rings. The lowest BCUT2D eigenvalue weighted by Gasteiger charge is -2.15. The first kappa shape index (κ1) is 15.3. The summed E-state index contributed by atoms with van der Waals surface area (Å²) in [6, 6.07) is 10.5. The molecule has 1 aliphatic rings. The van der Waals surface area contributed by atoms with Gasteiger partial charge < -0.3 is 5.32 Å². The molecule has 0 unspecified atom stereocenters. The average Bonchev–Trinajstić information content (AvgIpc) is 3.05. The molecule has 2 aromatic rings. The van der Waals surface area contributed by atoms with Gasteiger partial charge in [-0.05, 0) is 37.1 Å². The summed E-state index contributed by atoms with van der Waals surface area (Å²) in [5, 5.41) is 3.65. The van der Waals surface area contributed by atoms with Gasteiger partial charge >= 0.3 is 0 Å². The lowest BCUT2D eigenvalue weighted by molar-refractivity contribution is 0.477. The molecule has 0 aliphatic carbocycles. The second kappa shape index (κ2) is 6.24. The van der Waals surface area contributed by atoms with Gasteiger partial charge in [0.25, 0.3) is 0 Å². The summed E-state index contributed by atoms with van der Waals surface area (Å²) in [5.41, 5.74) is 0.729. The highest BCUT2D eigenvalue weighted by atomic mass is 35.5. The molecule has 0 amide bonds. The lowest BCUT2D eigenvalue weighted by Crippen LogP contribution is -2.27. The van der Waals surface area contributed by atoms with E-state index >= 15 is 0 Å². The Morgan fingerprint density at radius 3 is 2.45 bits per heavy atom. The molecule has 0 saturated carbocycles. The van der Waals surface area contributed by atoms with E-state index < -0.39 is 10.0 Å². The molecular formula is C15H16ClN3O2S. The van der Waals surface area contributed by atoms with Crippen molar-refractivity contribution in [1.82, 2.24) is 9.29 Å². The van der Waals surface area contributed by atoms with E-state index in [9.17, 15) is 8.42 Å².